The van der Waals surface area contributed by atoms with E-state index in [0.717, 1.165) is 12.8 Å². The molecule has 0 unspecified atom stereocenters. The highest BCUT2D eigenvalue weighted by molar-refractivity contribution is 5.93. The molecule has 7 nitrogen and oxygen atoms in total. The van der Waals surface area contributed by atoms with E-state index in [0.29, 0.717) is 36.9 Å². The topological polar surface area (TPSA) is 93.5 Å². The van der Waals surface area contributed by atoms with Gasteiger partial charge in [0.15, 0.2) is 5.69 Å². The van der Waals surface area contributed by atoms with Crippen LogP contribution in [-0.4, -0.2) is 40.0 Å². The highest BCUT2D eigenvalue weighted by Gasteiger charge is 2.18. The van der Waals surface area contributed by atoms with Crippen molar-refractivity contribution in [1.29, 1.82) is 0 Å². The molecular weight excluding hydrogens is 310 g/mol. The predicted octanol–water partition coefficient (Wildman–Crippen LogP) is 2.33. The standard InChI is InChI=1S/C17H19N3O4/c21-16(11-12-6-9-24-10-7-12)18-13-3-1-2-4-15(13)20-8-5-14(19-20)17(22)23/h1-5,8,12H,6-7,9-11H2,(H,18,21)(H,22,23). The third kappa shape index (κ3) is 3.80. The van der Waals surface area contributed by atoms with Crippen molar-refractivity contribution in [3.8, 4) is 5.69 Å². The zero-order chi connectivity index (χ0) is 16.9. The number of carbonyl (C=O) groups is 2. The van der Waals surface area contributed by atoms with Gasteiger partial charge in [-0.25, -0.2) is 9.48 Å². The first-order valence-corrected chi connectivity index (χ1v) is 7.89. The second-order valence-electron chi connectivity index (χ2n) is 5.78. The SMILES string of the molecule is O=C(CC1CCOCC1)Nc1ccccc1-n1ccc(C(=O)O)n1. The molecule has 1 aromatic carbocycles. The summed E-state index contributed by atoms with van der Waals surface area (Å²) < 4.78 is 6.76. The van der Waals surface area contributed by atoms with E-state index >= 15 is 0 Å². The summed E-state index contributed by atoms with van der Waals surface area (Å²) in [5.74, 6) is -0.802. The number of aromatic carboxylic acids is 1. The zero-order valence-corrected chi connectivity index (χ0v) is 13.1. The lowest BCUT2D eigenvalue weighted by Crippen LogP contribution is -2.22. The molecule has 2 aromatic rings. The summed E-state index contributed by atoms with van der Waals surface area (Å²) in [5.41, 5.74) is 1.19. The lowest BCUT2D eigenvalue weighted by Gasteiger charge is -2.21. The molecule has 3 rings (SSSR count). The van der Waals surface area contributed by atoms with Gasteiger partial charge in [-0.05, 0) is 37.0 Å². The average Bonchev–Trinajstić information content (AvgIpc) is 3.06. The Morgan fingerprint density at radius 2 is 2.00 bits per heavy atom. The monoisotopic (exact) mass is 329 g/mol. The number of anilines is 1. The number of carbonyl (C=O) groups excluding carboxylic acids is 1. The third-order valence-electron chi connectivity index (χ3n) is 4.05. The molecule has 1 amide bonds. The number of carboxylic acid groups (broad SMARTS) is 1. The van der Waals surface area contributed by atoms with Crippen molar-refractivity contribution in [3.63, 3.8) is 0 Å². The third-order valence-corrected chi connectivity index (χ3v) is 4.05. The summed E-state index contributed by atoms with van der Waals surface area (Å²) in [7, 11) is 0. The lowest BCUT2D eigenvalue weighted by molar-refractivity contribution is -0.117. The number of rotatable bonds is 5. The smallest absolute Gasteiger partial charge is 0.356 e. The molecular formula is C17H19N3O4. The van der Waals surface area contributed by atoms with Crippen molar-refractivity contribution in [3.05, 3.63) is 42.2 Å². The molecule has 0 spiro atoms. The number of carboxylic acids is 1. The quantitative estimate of drug-likeness (QED) is 0.878. The number of nitrogens with one attached hydrogen (secondary N) is 1. The summed E-state index contributed by atoms with van der Waals surface area (Å²) in [4.78, 5) is 23.3. The molecule has 0 saturated carbocycles. The van der Waals surface area contributed by atoms with Gasteiger partial charge in [0.05, 0.1) is 11.4 Å². The molecule has 1 aliphatic heterocycles. The number of aromatic nitrogens is 2. The Labute approximate surface area is 139 Å². The number of nitrogens with zero attached hydrogens (tertiary/aromatic N) is 2. The van der Waals surface area contributed by atoms with Gasteiger partial charge < -0.3 is 15.2 Å². The maximum Gasteiger partial charge on any atom is 0.356 e. The Hall–Kier alpha value is -2.67. The molecule has 2 heterocycles. The Morgan fingerprint density at radius 3 is 2.71 bits per heavy atom. The molecule has 0 aliphatic carbocycles. The number of hydrogen-bond acceptors (Lipinski definition) is 4. The van der Waals surface area contributed by atoms with Crippen molar-refractivity contribution in [1.82, 2.24) is 9.78 Å². The molecule has 0 bridgehead atoms. The summed E-state index contributed by atoms with van der Waals surface area (Å²) >= 11 is 0. The Morgan fingerprint density at radius 1 is 1.25 bits per heavy atom. The predicted molar refractivity (Wildman–Crippen MR) is 87.3 cm³/mol. The van der Waals surface area contributed by atoms with Gasteiger partial charge in [0.25, 0.3) is 0 Å². The van der Waals surface area contributed by atoms with Gasteiger partial charge in [-0.1, -0.05) is 12.1 Å². The van der Waals surface area contributed by atoms with E-state index in [4.69, 9.17) is 9.84 Å². The van der Waals surface area contributed by atoms with Crippen LogP contribution < -0.4 is 5.32 Å². The number of amides is 1. The van der Waals surface area contributed by atoms with E-state index in [2.05, 4.69) is 10.4 Å². The second kappa shape index (κ2) is 7.27. The number of hydrogen-bond donors (Lipinski definition) is 2. The van der Waals surface area contributed by atoms with Gasteiger partial charge >= 0.3 is 5.97 Å². The molecule has 7 heteroatoms. The fraction of sp³-hybridized carbons (Fsp3) is 0.353. The van der Waals surface area contributed by atoms with Crippen LogP contribution in [0.15, 0.2) is 36.5 Å². The van der Waals surface area contributed by atoms with E-state index in [1.807, 2.05) is 12.1 Å². The molecule has 0 radical (unpaired) electrons. The van der Waals surface area contributed by atoms with Gasteiger partial charge in [0, 0.05) is 25.8 Å². The molecule has 1 saturated heterocycles. The van der Waals surface area contributed by atoms with E-state index < -0.39 is 5.97 Å². The van der Waals surface area contributed by atoms with Crippen molar-refractivity contribution < 1.29 is 19.4 Å². The molecule has 0 atom stereocenters. The van der Waals surface area contributed by atoms with Crippen LogP contribution in [0.3, 0.4) is 0 Å². The second-order valence-corrected chi connectivity index (χ2v) is 5.78. The highest BCUT2D eigenvalue weighted by Crippen LogP contribution is 2.22. The van der Waals surface area contributed by atoms with Crippen molar-refractivity contribution >= 4 is 17.6 Å². The maximum atomic E-state index is 12.3. The maximum absolute atomic E-state index is 12.3. The van der Waals surface area contributed by atoms with Crippen LogP contribution in [0.25, 0.3) is 5.69 Å². The van der Waals surface area contributed by atoms with Crippen LogP contribution in [0.2, 0.25) is 0 Å². The van der Waals surface area contributed by atoms with E-state index in [1.165, 1.54) is 10.7 Å². The highest BCUT2D eigenvalue weighted by atomic mass is 16.5. The first-order chi connectivity index (χ1) is 11.6. The zero-order valence-electron chi connectivity index (χ0n) is 13.1. The first-order valence-electron chi connectivity index (χ1n) is 7.89. The fourth-order valence-electron chi connectivity index (χ4n) is 2.77. The van der Waals surface area contributed by atoms with Crippen LogP contribution in [0.1, 0.15) is 29.8 Å². The van der Waals surface area contributed by atoms with Crippen molar-refractivity contribution in [2.24, 2.45) is 5.92 Å². The van der Waals surface area contributed by atoms with Gasteiger partial charge in [-0.3, -0.25) is 4.79 Å². The van der Waals surface area contributed by atoms with Crippen molar-refractivity contribution in [2.75, 3.05) is 18.5 Å². The first kappa shape index (κ1) is 16.2. The molecule has 1 fully saturated rings. The molecule has 1 aliphatic rings. The molecule has 126 valence electrons. The Kier molecular flexibility index (Phi) is 4.90. The van der Waals surface area contributed by atoms with Gasteiger partial charge in [0.1, 0.15) is 0 Å². The minimum atomic E-state index is -1.09. The van der Waals surface area contributed by atoms with Crippen LogP contribution in [-0.2, 0) is 9.53 Å². The van der Waals surface area contributed by atoms with Gasteiger partial charge in [-0.15, -0.1) is 0 Å². The Bertz CT molecular complexity index is 735. The molecule has 24 heavy (non-hydrogen) atoms. The number of para-hydroxylation sites is 2. The summed E-state index contributed by atoms with van der Waals surface area (Å²) in [6.07, 6.45) is 3.82. The van der Waals surface area contributed by atoms with Gasteiger partial charge in [-0.2, -0.15) is 5.10 Å². The average molecular weight is 329 g/mol. The van der Waals surface area contributed by atoms with E-state index in [9.17, 15) is 9.59 Å². The van der Waals surface area contributed by atoms with Crippen LogP contribution in [0.5, 0.6) is 0 Å². The van der Waals surface area contributed by atoms with Crippen LogP contribution >= 0.6 is 0 Å². The minimum Gasteiger partial charge on any atom is -0.476 e. The fourth-order valence-corrected chi connectivity index (χ4v) is 2.77. The summed E-state index contributed by atoms with van der Waals surface area (Å²) in [6.45, 7) is 1.42. The lowest BCUT2D eigenvalue weighted by atomic mass is 9.96. The van der Waals surface area contributed by atoms with E-state index in [1.54, 1.807) is 18.3 Å². The summed E-state index contributed by atoms with van der Waals surface area (Å²) in [6, 6.07) is 8.60. The normalized spacial score (nSPS) is 15.2. The van der Waals surface area contributed by atoms with Crippen LogP contribution in [0, 0.1) is 5.92 Å². The molecule has 1 aromatic heterocycles. The number of benzene rings is 1. The minimum absolute atomic E-state index is 0.0432. The number of ether oxygens (including phenoxy) is 1. The van der Waals surface area contributed by atoms with Crippen molar-refractivity contribution in [2.45, 2.75) is 19.3 Å². The van der Waals surface area contributed by atoms with Crippen LogP contribution in [0.4, 0.5) is 5.69 Å². The van der Waals surface area contributed by atoms with E-state index in [-0.39, 0.29) is 11.6 Å². The molecule has 2 N–H and O–H groups in total. The summed E-state index contributed by atoms with van der Waals surface area (Å²) in [5, 5.41) is 15.9. The largest absolute Gasteiger partial charge is 0.476 e. The van der Waals surface area contributed by atoms with Gasteiger partial charge in [0.2, 0.25) is 5.91 Å². The Balaban J connectivity index is 1.73.